The first-order valence-electron chi connectivity index (χ1n) is 6.55. The van der Waals surface area contributed by atoms with Gasteiger partial charge in [0.05, 0.1) is 5.56 Å². The molecule has 1 unspecified atom stereocenters. The van der Waals surface area contributed by atoms with Crippen LogP contribution in [0.15, 0.2) is 16.7 Å². The fourth-order valence-electron chi connectivity index (χ4n) is 2.03. The van der Waals surface area contributed by atoms with Crippen molar-refractivity contribution < 1.29 is 13.2 Å². The molecule has 0 fully saturated rings. The van der Waals surface area contributed by atoms with Crippen molar-refractivity contribution in [1.29, 1.82) is 0 Å². The highest BCUT2D eigenvalue weighted by Gasteiger charge is 2.34. The molecule has 0 aromatic carbocycles. The van der Waals surface area contributed by atoms with Gasteiger partial charge in [-0.3, -0.25) is 0 Å². The Hall–Kier alpha value is -0.820. The smallest absolute Gasteiger partial charge is 0.369 e. The first kappa shape index (κ1) is 17.2. The second kappa shape index (κ2) is 7.83. The summed E-state index contributed by atoms with van der Waals surface area (Å²) in [6.07, 6.45) is -0.365. The summed E-state index contributed by atoms with van der Waals surface area (Å²) < 4.78 is 39.1. The van der Waals surface area contributed by atoms with E-state index in [1.165, 1.54) is 6.20 Å². The molecule has 0 saturated carbocycles. The summed E-state index contributed by atoms with van der Waals surface area (Å²) in [7, 11) is 0. The fraction of sp³-hybridized carbons (Fsp3) is 0.615. The predicted octanol–water partition coefficient (Wildman–Crippen LogP) is 4.04. The lowest BCUT2D eigenvalue weighted by atomic mass is 10.00. The number of hydrogen-bond acceptors (Lipinski definition) is 3. The minimum atomic E-state index is -4.42. The number of halogens is 4. The van der Waals surface area contributed by atoms with Crippen LogP contribution in [-0.2, 0) is 6.18 Å². The Labute approximate surface area is 125 Å². The van der Waals surface area contributed by atoms with Gasteiger partial charge in [0.15, 0.2) is 0 Å². The molecule has 0 spiro atoms. The van der Waals surface area contributed by atoms with Gasteiger partial charge >= 0.3 is 6.18 Å². The number of anilines is 1. The van der Waals surface area contributed by atoms with Crippen molar-refractivity contribution in [2.75, 3.05) is 18.4 Å². The van der Waals surface area contributed by atoms with Crippen LogP contribution in [0.3, 0.4) is 0 Å². The van der Waals surface area contributed by atoms with Gasteiger partial charge < -0.3 is 11.1 Å². The molecule has 0 aliphatic heterocycles. The molecule has 0 aliphatic rings. The van der Waals surface area contributed by atoms with Crippen molar-refractivity contribution in [2.24, 2.45) is 11.7 Å². The molecule has 3 N–H and O–H groups in total. The van der Waals surface area contributed by atoms with E-state index in [0.717, 1.165) is 25.3 Å². The van der Waals surface area contributed by atoms with Gasteiger partial charge in [-0.1, -0.05) is 13.3 Å². The van der Waals surface area contributed by atoms with Crippen LogP contribution in [0.5, 0.6) is 0 Å². The average molecular weight is 354 g/mol. The number of rotatable bonds is 7. The van der Waals surface area contributed by atoms with Gasteiger partial charge in [-0.15, -0.1) is 0 Å². The topological polar surface area (TPSA) is 50.9 Å². The maximum atomic E-state index is 12.9. The quantitative estimate of drug-likeness (QED) is 0.777. The Morgan fingerprint density at radius 1 is 1.40 bits per heavy atom. The van der Waals surface area contributed by atoms with Crippen molar-refractivity contribution in [1.82, 2.24) is 4.98 Å². The summed E-state index contributed by atoms with van der Waals surface area (Å²) in [6, 6.07) is 1.03. The maximum Gasteiger partial charge on any atom is 0.419 e. The summed E-state index contributed by atoms with van der Waals surface area (Å²) >= 11 is 3.01. The molecule has 1 aromatic heterocycles. The van der Waals surface area contributed by atoms with E-state index in [4.69, 9.17) is 5.73 Å². The SMILES string of the molecule is CCCC(CCN)CNc1ncc(Br)cc1C(F)(F)F. The van der Waals surface area contributed by atoms with Crippen LogP contribution in [0.2, 0.25) is 0 Å². The molecule has 114 valence electrons. The first-order chi connectivity index (χ1) is 9.38. The lowest BCUT2D eigenvalue weighted by Gasteiger charge is -2.19. The van der Waals surface area contributed by atoms with Crippen LogP contribution >= 0.6 is 15.9 Å². The lowest BCUT2D eigenvalue weighted by Crippen LogP contribution is -2.20. The standard InChI is InChI=1S/C13H19BrF3N3/c1-2-3-9(4-5-18)7-19-12-11(13(15,16)17)6-10(14)8-20-12/h6,8-9H,2-5,7,18H2,1H3,(H,19,20). The van der Waals surface area contributed by atoms with Crippen molar-refractivity contribution in [3.8, 4) is 0 Å². The monoisotopic (exact) mass is 353 g/mol. The van der Waals surface area contributed by atoms with Gasteiger partial charge in [0.1, 0.15) is 5.82 Å². The fourth-order valence-corrected chi connectivity index (χ4v) is 2.36. The van der Waals surface area contributed by atoms with Crippen LogP contribution in [0, 0.1) is 5.92 Å². The molecule has 7 heteroatoms. The minimum absolute atomic E-state index is 0.126. The number of nitrogens with zero attached hydrogens (tertiary/aromatic N) is 1. The largest absolute Gasteiger partial charge is 0.419 e. The zero-order valence-corrected chi connectivity index (χ0v) is 12.9. The van der Waals surface area contributed by atoms with Crippen LogP contribution in [0.25, 0.3) is 0 Å². The molecule has 20 heavy (non-hydrogen) atoms. The van der Waals surface area contributed by atoms with E-state index in [1.54, 1.807) is 0 Å². The highest BCUT2D eigenvalue weighted by molar-refractivity contribution is 9.10. The molecule has 1 heterocycles. The molecule has 1 aromatic rings. The number of alkyl halides is 3. The molecule has 1 atom stereocenters. The molecule has 1 rings (SSSR count). The Kier molecular flexibility index (Phi) is 6.75. The van der Waals surface area contributed by atoms with Crippen LogP contribution in [0.4, 0.5) is 19.0 Å². The molecular formula is C13H19BrF3N3. The maximum absolute atomic E-state index is 12.9. The second-order valence-corrected chi connectivity index (χ2v) is 5.58. The number of nitrogens with two attached hydrogens (primary N) is 1. The Morgan fingerprint density at radius 3 is 2.65 bits per heavy atom. The molecule has 0 saturated heterocycles. The van der Waals surface area contributed by atoms with E-state index < -0.39 is 11.7 Å². The summed E-state index contributed by atoms with van der Waals surface area (Å²) in [5, 5.41) is 2.81. The van der Waals surface area contributed by atoms with Crippen molar-refractivity contribution in [3.63, 3.8) is 0 Å². The van der Waals surface area contributed by atoms with E-state index in [2.05, 4.69) is 26.2 Å². The van der Waals surface area contributed by atoms with Gasteiger partial charge in [0, 0.05) is 17.2 Å². The molecule has 0 aliphatic carbocycles. The third-order valence-corrected chi connectivity index (χ3v) is 3.42. The average Bonchev–Trinajstić information content (AvgIpc) is 2.36. The van der Waals surface area contributed by atoms with Gasteiger partial charge in [-0.2, -0.15) is 13.2 Å². The van der Waals surface area contributed by atoms with Crippen molar-refractivity contribution in [2.45, 2.75) is 32.4 Å². The number of pyridine rings is 1. The van der Waals surface area contributed by atoms with Crippen LogP contribution in [0.1, 0.15) is 31.7 Å². The van der Waals surface area contributed by atoms with Crippen LogP contribution < -0.4 is 11.1 Å². The van der Waals surface area contributed by atoms with Crippen molar-refractivity contribution in [3.05, 3.63) is 22.3 Å². The minimum Gasteiger partial charge on any atom is -0.369 e. The lowest BCUT2D eigenvalue weighted by molar-refractivity contribution is -0.137. The Morgan fingerprint density at radius 2 is 2.10 bits per heavy atom. The first-order valence-corrected chi connectivity index (χ1v) is 7.34. The van der Waals surface area contributed by atoms with E-state index >= 15 is 0 Å². The van der Waals surface area contributed by atoms with E-state index in [9.17, 15) is 13.2 Å². The van der Waals surface area contributed by atoms with Gasteiger partial charge in [-0.25, -0.2) is 4.98 Å². The normalized spacial score (nSPS) is 13.3. The Balaban J connectivity index is 2.81. The zero-order chi connectivity index (χ0) is 15.2. The highest BCUT2D eigenvalue weighted by Crippen LogP contribution is 2.35. The molecular weight excluding hydrogens is 335 g/mol. The molecule has 0 amide bonds. The van der Waals surface area contributed by atoms with Gasteiger partial charge in [0.25, 0.3) is 0 Å². The van der Waals surface area contributed by atoms with Gasteiger partial charge in [-0.05, 0) is 47.3 Å². The summed E-state index contributed by atoms with van der Waals surface area (Å²) in [4.78, 5) is 3.83. The molecule has 0 bridgehead atoms. The predicted molar refractivity (Wildman–Crippen MR) is 77.5 cm³/mol. The third-order valence-electron chi connectivity index (χ3n) is 2.99. The summed E-state index contributed by atoms with van der Waals surface area (Å²) in [5.74, 6) is 0.135. The van der Waals surface area contributed by atoms with E-state index in [1.807, 2.05) is 6.92 Å². The summed E-state index contributed by atoms with van der Waals surface area (Å²) in [6.45, 7) is 3.03. The molecule has 3 nitrogen and oxygen atoms in total. The van der Waals surface area contributed by atoms with Crippen LogP contribution in [-0.4, -0.2) is 18.1 Å². The second-order valence-electron chi connectivity index (χ2n) is 4.66. The Bertz CT molecular complexity index is 418. The molecule has 0 radical (unpaired) electrons. The zero-order valence-electron chi connectivity index (χ0n) is 11.3. The summed E-state index contributed by atoms with van der Waals surface area (Å²) in [5.41, 5.74) is 4.76. The van der Waals surface area contributed by atoms with Gasteiger partial charge in [0.2, 0.25) is 0 Å². The highest BCUT2D eigenvalue weighted by atomic mass is 79.9. The van der Waals surface area contributed by atoms with E-state index in [-0.39, 0.29) is 11.7 Å². The van der Waals surface area contributed by atoms with Crippen molar-refractivity contribution >= 4 is 21.7 Å². The number of hydrogen-bond donors (Lipinski definition) is 2. The number of aromatic nitrogens is 1. The van der Waals surface area contributed by atoms with E-state index in [0.29, 0.717) is 17.6 Å². The third kappa shape index (κ3) is 5.28. The number of nitrogens with one attached hydrogen (secondary N) is 1.